The molecule has 1 aliphatic heterocycles. The SMILES string of the molecule is CC[C@@]1(c2ccc(OC)cc2)NC(=O)N(CC(=O)Nc2cccc(C)c2C)C1=O. The van der Waals surface area contributed by atoms with Crippen LogP contribution in [-0.2, 0) is 15.1 Å². The van der Waals surface area contributed by atoms with Crippen molar-refractivity contribution in [2.75, 3.05) is 19.0 Å². The molecule has 4 amide bonds. The van der Waals surface area contributed by atoms with Gasteiger partial charge in [-0.15, -0.1) is 0 Å². The number of carbonyl (C=O) groups is 3. The Labute approximate surface area is 170 Å². The Morgan fingerprint density at radius 2 is 1.83 bits per heavy atom. The fraction of sp³-hybridized carbons (Fsp3) is 0.318. The zero-order valence-corrected chi connectivity index (χ0v) is 17.0. The number of hydrogen-bond acceptors (Lipinski definition) is 4. The van der Waals surface area contributed by atoms with Gasteiger partial charge in [0.15, 0.2) is 0 Å². The van der Waals surface area contributed by atoms with Crippen molar-refractivity contribution in [3.63, 3.8) is 0 Å². The van der Waals surface area contributed by atoms with Crippen molar-refractivity contribution in [2.24, 2.45) is 0 Å². The first kappa shape index (κ1) is 20.4. The summed E-state index contributed by atoms with van der Waals surface area (Å²) in [5.41, 5.74) is 2.11. The molecule has 29 heavy (non-hydrogen) atoms. The van der Waals surface area contributed by atoms with Crippen LogP contribution in [0.25, 0.3) is 0 Å². The molecule has 1 heterocycles. The minimum atomic E-state index is -1.19. The highest BCUT2D eigenvalue weighted by Crippen LogP contribution is 2.33. The molecule has 3 rings (SSSR count). The van der Waals surface area contributed by atoms with Crippen LogP contribution in [0.1, 0.15) is 30.0 Å². The van der Waals surface area contributed by atoms with Crippen molar-refractivity contribution in [2.45, 2.75) is 32.7 Å². The molecule has 7 heteroatoms. The normalized spacial score (nSPS) is 18.6. The van der Waals surface area contributed by atoms with Crippen LogP contribution in [0.15, 0.2) is 42.5 Å². The van der Waals surface area contributed by atoms with E-state index in [0.717, 1.165) is 16.0 Å². The average molecular weight is 395 g/mol. The third kappa shape index (κ3) is 3.68. The van der Waals surface area contributed by atoms with Crippen molar-refractivity contribution in [3.05, 3.63) is 59.2 Å². The highest BCUT2D eigenvalue weighted by molar-refractivity contribution is 6.10. The molecule has 2 aromatic carbocycles. The molecule has 7 nitrogen and oxygen atoms in total. The number of amides is 4. The first-order valence-electron chi connectivity index (χ1n) is 9.47. The van der Waals surface area contributed by atoms with Crippen LogP contribution in [0.4, 0.5) is 10.5 Å². The first-order valence-corrected chi connectivity index (χ1v) is 9.47. The van der Waals surface area contributed by atoms with E-state index in [2.05, 4.69) is 10.6 Å². The molecule has 0 unspecified atom stereocenters. The number of imide groups is 1. The summed E-state index contributed by atoms with van der Waals surface area (Å²) in [7, 11) is 1.56. The number of rotatable bonds is 6. The topological polar surface area (TPSA) is 87.7 Å². The summed E-state index contributed by atoms with van der Waals surface area (Å²) in [5.74, 6) is -0.211. The quantitative estimate of drug-likeness (QED) is 0.736. The predicted molar refractivity (Wildman–Crippen MR) is 110 cm³/mol. The first-order chi connectivity index (χ1) is 13.8. The second kappa shape index (κ2) is 7.95. The third-order valence-electron chi connectivity index (χ3n) is 5.47. The lowest BCUT2D eigenvalue weighted by Crippen LogP contribution is -2.44. The van der Waals surface area contributed by atoms with Crippen LogP contribution < -0.4 is 15.4 Å². The van der Waals surface area contributed by atoms with Gasteiger partial charge >= 0.3 is 6.03 Å². The molecule has 0 spiro atoms. The molecule has 1 fully saturated rings. The minimum absolute atomic E-state index is 0.351. The monoisotopic (exact) mass is 395 g/mol. The maximum absolute atomic E-state index is 13.2. The van der Waals surface area contributed by atoms with Crippen molar-refractivity contribution >= 4 is 23.5 Å². The minimum Gasteiger partial charge on any atom is -0.497 e. The number of nitrogens with zero attached hydrogens (tertiary/aromatic N) is 1. The highest BCUT2D eigenvalue weighted by Gasteiger charge is 2.51. The number of urea groups is 1. The van der Waals surface area contributed by atoms with Crippen molar-refractivity contribution in [3.8, 4) is 5.75 Å². The zero-order chi connectivity index (χ0) is 21.2. The maximum Gasteiger partial charge on any atom is 0.325 e. The summed E-state index contributed by atoms with van der Waals surface area (Å²) in [6.45, 7) is 5.33. The largest absolute Gasteiger partial charge is 0.497 e. The van der Waals surface area contributed by atoms with E-state index in [1.165, 1.54) is 0 Å². The average Bonchev–Trinajstić information content (AvgIpc) is 2.96. The van der Waals surface area contributed by atoms with Gasteiger partial charge in [0.1, 0.15) is 17.8 Å². The number of benzene rings is 2. The fourth-order valence-electron chi connectivity index (χ4n) is 3.50. The van der Waals surface area contributed by atoms with Crippen molar-refractivity contribution in [1.82, 2.24) is 10.2 Å². The molecule has 0 radical (unpaired) electrons. The van der Waals surface area contributed by atoms with E-state index in [-0.39, 0.29) is 6.54 Å². The summed E-state index contributed by atoms with van der Waals surface area (Å²) < 4.78 is 5.16. The Bertz CT molecular complexity index is 955. The maximum atomic E-state index is 13.2. The summed E-state index contributed by atoms with van der Waals surface area (Å²) in [5, 5.41) is 5.57. The Hall–Kier alpha value is -3.35. The number of carbonyl (C=O) groups excluding carboxylic acids is 3. The van der Waals surface area contributed by atoms with E-state index in [4.69, 9.17) is 4.74 Å². The van der Waals surface area contributed by atoms with E-state index in [0.29, 0.717) is 23.4 Å². The number of ether oxygens (including phenoxy) is 1. The lowest BCUT2D eigenvalue weighted by molar-refractivity contribution is -0.134. The Morgan fingerprint density at radius 3 is 2.45 bits per heavy atom. The highest BCUT2D eigenvalue weighted by atomic mass is 16.5. The standard InChI is InChI=1S/C22H25N3O4/c1-5-22(16-9-11-17(29-4)12-10-16)20(27)25(21(28)24-22)13-19(26)23-18-8-6-7-14(2)15(18)3/h6-12H,5,13H2,1-4H3,(H,23,26)(H,24,28)/t22-/m0/s1. The molecule has 2 aromatic rings. The summed E-state index contributed by atoms with van der Waals surface area (Å²) in [4.78, 5) is 39.2. The van der Waals surface area contributed by atoms with Crippen LogP contribution in [-0.4, -0.2) is 36.4 Å². The van der Waals surface area contributed by atoms with Crippen LogP contribution in [0.3, 0.4) is 0 Å². The number of anilines is 1. The van der Waals surface area contributed by atoms with Crippen LogP contribution in [0, 0.1) is 13.8 Å². The molecule has 0 aromatic heterocycles. The lowest BCUT2D eigenvalue weighted by Gasteiger charge is -2.26. The molecule has 1 atom stereocenters. The summed E-state index contributed by atoms with van der Waals surface area (Å²) in [6, 6.07) is 12.0. The Balaban J connectivity index is 1.80. The molecule has 152 valence electrons. The zero-order valence-electron chi connectivity index (χ0n) is 17.0. The summed E-state index contributed by atoms with van der Waals surface area (Å²) in [6.07, 6.45) is 0.360. The van der Waals surface area contributed by atoms with Gasteiger partial charge in [0.2, 0.25) is 5.91 Å². The molecular formula is C22H25N3O4. The van der Waals surface area contributed by atoms with E-state index >= 15 is 0 Å². The van der Waals surface area contributed by atoms with E-state index in [1.54, 1.807) is 37.4 Å². The van der Waals surface area contributed by atoms with Gasteiger partial charge in [0.25, 0.3) is 5.91 Å². The lowest BCUT2D eigenvalue weighted by atomic mass is 9.87. The molecule has 0 bridgehead atoms. The third-order valence-corrected chi connectivity index (χ3v) is 5.47. The van der Waals surface area contributed by atoms with E-state index < -0.39 is 23.4 Å². The number of aryl methyl sites for hydroxylation is 1. The van der Waals surface area contributed by atoms with Crippen LogP contribution >= 0.6 is 0 Å². The van der Waals surface area contributed by atoms with Gasteiger partial charge in [0, 0.05) is 5.69 Å². The van der Waals surface area contributed by atoms with Gasteiger partial charge in [-0.2, -0.15) is 0 Å². The van der Waals surface area contributed by atoms with Crippen molar-refractivity contribution < 1.29 is 19.1 Å². The van der Waals surface area contributed by atoms with Gasteiger partial charge < -0.3 is 15.4 Å². The summed E-state index contributed by atoms with van der Waals surface area (Å²) >= 11 is 0. The van der Waals surface area contributed by atoms with Crippen LogP contribution in [0.5, 0.6) is 5.75 Å². The number of methoxy groups -OCH3 is 1. The molecule has 0 aliphatic carbocycles. The van der Waals surface area contributed by atoms with E-state index in [1.807, 2.05) is 32.9 Å². The van der Waals surface area contributed by atoms with Crippen LogP contribution in [0.2, 0.25) is 0 Å². The molecule has 1 saturated heterocycles. The van der Waals surface area contributed by atoms with Gasteiger partial charge in [-0.3, -0.25) is 14.5 Å². The molecular weight excluding hydrogens is 370 g/mol. The molecule has 0 saturated carbocycles. The van der Waals surface area contributed by atoms with Gasteiger partial charge in [0.05, 0.1) is 7.11 Å². The van der Waals surface area contributed by atoms with Crippen molar-refractivity contribution in [1.29, 1.82) is 0 Å². The second-order valence-corrected chi connectivity index (χ2v) is 7.10. The van der Waals surface area contributed by atoms with Gasteiger partial charge in [-0.05, 0) is 55.2 Å². The van der Waals surface area contributed by atoms with E-state index in [9.17, 15) is 14.4 Å². The van der Waals surface area contributed by atoms with Gasteiger partial charge in [-0.1, -0.05) is 31.2 Å². The Morgan fingerprint density at radius 1 is 1.14 bits per heavy atom. The smallest absolute Gasteiger partial charge is 0.325 e. The molecule has 1 aliphatic rings. The van der Waals surface area contributed by atoms with Gasteiger partial charge in [-0.25, -0.2) is 4.79 Å². The molecule has 2 N–H and O–H groups in total. The number of hydrogen-bond donors (Lipinski definition) is 2. The second-order valence-electron chi connectivity index (χ2n) is 7.10. The predicted octanol–water partition coefficient (Wildman–Crippen LogP) is 3.11. The number of nitrogens with one attached hydrogen (secondary N) is 2. The Kier molecular flexibility index (Phi) is 5.59. The fourth-order valence-corrected chi connectivity index (χ4v) is 3.50.